The average Bonchev–Trinajstić information content (AvgIpc) is 2.29. The van der Waals surface area contributed by atoms with Crippen LogP contribution in [0, 0.1) is 0 Å². The fourth-order valence-electron chi connectivity index (χ4n) is 2.22. The maximum atomic E-state index is 11.8. The van der Waals surface area contributed by atoms with E-state index in [1.54, 1.807) is 0 Å². The van der Waals surface area contributed by atoms with Gasteiger partial charge in [0.15, 0.2) is 0 Å². The molecule has 0 aliphatic carbocycles. The molecular weight excluding hydrogens is 256 g/mol. The summed E-state index contributed by atoms with van der Waals surface area (Å²) in [6, 6.07) is 0. The van der Waals surface area contributed by atoms with Gasteiger partial charge >= 0.3 is 0 Å². The van der Waals surface area contributed by atoms with Crippen LogP contribution in [0.4, 0.5) is 0 Å². The van der Waals surface area contributed by atoms with Gasteiger partial charge < -0.3 is 10.6 Å². The smallest absolute Gasteiger partial charge is 0.234 e. The second-order valence-corrected chi connectivity index (χ2v) is 6.30. The highest BCUT2D eigenvalue weighted by atomic mass is 16.2. The van der Waals surface area contributed by atoms with E-state index in [9.17, 15) is 9.59 Å². The first-order chi connectivity index (χ1) is 9.30. The van der Waals surface area contributed by atoms with Crippen LogP contribution in [0.15, 0.2) is 0 Å². The second kappa shape index (κ2) is 7.59. The van der Waals surface area contributed by atoms with Crippen molar-refractivity contribution in [3.63, 3.8) is 0 Å². The third kappa shape index (κ3) is 6.86. The number of nitrogens with one attached hydrogen (secondary N) is 2. The van der Waals surface area contributed by atoms with Crippen molar-refractivity contribution < 1.29 is 9.59 Å². The molecule has 1 rings (SSSR count). The molecule has 0 unspecified atom stereocenters. The highest BCUT2D eigenvalue weighted by Gasteiger charge is 2.21. The number of rotatable bonds is 5. The van der Waals surface area contributed by atoms with E-state index >= 15 is 0 Å². The van der Waals surface area contributed by atoms with Crippen LogP contribution in [-0.2, 0) is 9.59 Å². The van der Waals surface area contributed by atoms with E-state index in [0.29, 0.717) is 19.6 Å². The van der Waals surface area contributed by atoms with Gasteiger partial charge in [0.25, 0.3) is 0 Å². The number of carbonyl (C=O) groups is 2. The first-order valence-corrected chi connectivity index (χ1v) is 7.32. The van der Waals surface area contributed by atoms with Crippen molar-refractivity contribution in [2.75, 3.05) is 45.8 Å². The zero-order valence-corrected chi connectivity index (χ0v) is 13.2. The molecule has 6 heteroatoms. The van der Waals surface area contributed by atoms with E-state index < -0.39 is 0 Å². The van der Waals surface area contributed by atoms with Crippen molar-refractivity contribution in [3.8, 4) is 0 Å². The summed E-state index contributed by atoms with van der Waals surface area (Å²) in [5.41, 5.74) is -0.183. The van der Waals surface area contributed by atoms with E-state index in [0.717, 1.165) is 26.2 Å². The Labute approximate surface area is 121 Å². The second-order valence-electron chi connectivity index (χ2n) is 6.30. The molecule has 0 aromatic rings. The number of hydrogen-bond donors (Lipinski definition) is 2. The molecule has 1 aliphatic heterocycles. The summed E-state index contributed by atoms with van der Waals surface area (Å²) in [4.78, 5) is 27.6. The molecule has 1 aliphatic rings. The van der Waals surface area contributed by atoms with E-state index in [1.807, 2.05) is 27.7 Å². The van der Waals surface area contributed by atoms with Gasteiger partial charge in [0.05, 0.1) is 13.1 Å². The Bertz CT molecular complexity index is 331. The molecule has 0 spiro atoms. The highest BCUT2D eigenvalue weighted by molar-refractivity contribution is 5.79. The summed E-state index contributed by atoms with van der Waals surface area (Å²) in [5, 5.41) is 5.77. The fraction of sp³-hybridized carbons (Fsp3) is 0.857. The monoisotopic (exact) mass is 284 g/mol. The van der Waals surface area contributed by atoms with Crippen molar-refractivity contribution in [1.29, 1.82) is 0 Å². The van der Waals surface area contributed by atoms with Crippen molar-refractivity contribution in [1.82, 2.24) is 20.4 Å². The predicted octanol–water partition coefficient (Wildman–Crippen LogP) is -0.345. The van der Waals surface area contributed by atoms with Gasteiger partial charge in [0.1, 0.15) is 0 Å². The summed E-state index contributed by atoms with van der Waals surface area (Å²) < 4.78 is 0. The average molecular weight is 284 g/mol. The van der Waals surface area contributed by atoms with Crippen LogP contribution in [0.2, 0.25) is 0 Å². The summed E-state index contributed by atoms with van der Waals surface area (Å²) in [7, 11) is 0. The standard InChI is InChI=1S/C14H28N4O2/c1-5-15-12(19)10-17-6-8-18(9-7-17)11-13(20)16-14(2,3)4/h5-11H2,1-4H3,(H,15,19)(H,16,20). The molecule has 2 N–H and O–H groups in total. The van der Waals surface area contributed by atoms with Crippen molar-refractivity contribution >= 4 is 11.8 Å². The molecule has 116 valence electrons. The van der Waals surface area contributed by atoms with Crippen LogP contribution < -0.4 is 10.6 Å². The Morgan fingerprint density at radius 1 is 0.950 bits per heavy atom. The van der Waals surface area contributed by atoms with Crippen molar-refractivity contribution in [2.24, 2.45) is 0 Å². The molecule has 0 aromatic heterocycles. The molecular formula is C14H28N4O2. The maximum absolute atomic E-state index is 11.8. The summed E-state index contributed by atoms with van der Waals surface area (Å²) in [5.74, 6) is 0.140. The van der Waals surface area contributed by atoms with Crippen LogP contribution in [0.3, 0.4) is 0 Å². The number of nitrogens with zero attached hydrogens (tertiary/aromatic N) is 2. The zero-order chi connectivity index (χ0) is 15.2. The molecule has 0 saturated carbocycles. The zero-order valence-electron chi connectivity index (χ0n) is 13.2. The first-order valence-electron chi connectivity index (χ1n) is 7.32. The molecule has 0 atom stereocenters. The summed E-state index contributed by atoms with van der Waals surface area (Å²) in [6.07, 6.45) is 0. The van der Waals surface area contributed by atoms with Gasteiger partial charge in [-0.1, -0.05) is 0 Å². The van der Waals surface area contributed by atoms with Gasteiger partial charge in [0, 0.05) is 38.3 Å². The molecule has 1 heterocycles. The molecule has 6 nitrogen and oxygen atoms in total. The minimum atomic E-state index is -0.183. The number of carbonyl (C=O) groups excluding carboxylic acids is 2. The third-order valence-electron chi connectivity index (χ3n) is 3.09. The Morgan fingerprint density at radius 2 is 1.40 bits per heavy atom. The lowest BCUT2D eigenvalue weighted by atomic mass is 10.1. The molecule has 0 bridgehead atoms. The Morgan fingerprint density at radius 3 is 1.80 bits per heavy atom. The quantitative estimate of drug-likeness (QED) is 0.725. The van der Waals surface area contributed by atoms with E-state index in [-0.39, 0.29) is 17.4 Å². The van der Waals surface area contributed by atoms with E-state index in [4.69, 9.17) is 0 Å². The molecule has 0 radical (unpaired) electrons. The maximum Gasteiger partial charge on any atom is 0.234 e. The van der Waals surface area contributed by atoms with Gasteiger partial charge in [0.2, 0.25) is 11.8 Å². The Balaban J connectivity index is 2.25. The fourth-order valence-corrected chi connectivity index (χ4v) is 2.22. The summed E-state index contributed by atoms with van der Waals surface area (Å²) >= 11 is 0. The van der Waals surface area contributed by atoms with Gasteiger partial charge in [-0.15, -0.1) is 0 Å². The Hall–Kier alpha value is -1.14. The number of amides is 2. The van der Waals surface area contributed by atoms with Crippen molar-refractivity contribution in [2.45, 2.75) is 33.2 Å². The SMILES string of the molecule is CCNC(=O)CN1CCN(CC(=O)NC(C)(C)C)CC1. The van der Waals surface area contributed by atoms with Gasteiger partial charge in [-0.3, -0.25) is 19.4 Å². The molecule has 1 saturated heterocycles. The van der Waals surface area contributed by atoms with Gasteiger partial charge in [-0.25, -0.2) is 0 Å². The lowest BCUT2D eigenvalue weighted by molar-refractivity contribution is -0.125. The van der Waals surface area contributed by atoms with Crippen LogP contribution in [0.25, 0.3) is 0 Å². The van der Waals surface area contributed by atoms with Crippen LogP contribution >= 0.6 is 0 Å². The van der Waals surface area contributed by atoms with Gasteiger partial charge in [-0.05, 0) is 27.7 Å². The largest absolute Gasteiger partial charge is 0.355 e. The van der Waals surface area contributed by atoms with Crippen LogP contribution in [0.1, 0.15) is 27.7 Å². The number of likely N-dealkylation sites (N-methyl/N-ethyl adjacent to an activating group) is 1. The normalized spacial score (nSPS) is 17.8. The van der Waals surface area contributed by atoms with E-state index in [1.165, 1.54) is 0 Å². The molecule has 20 heavy (non-hydrogen) atoms. The molecule has 0 aromatic carbocycles. The number of hydrogen-bond acceptors (Lipinski definition) is 4. The predicted molar refractivity (Wildman–Crippen MR) is 79.5 cm³/mol. The highest BCUT2D eigenvalue weighted by Crippen LogP contribution is 2.03. The van der Waals surface area contributed by atoms with Gasteiger partial charge in [-0.2, -0.15) is 0 Å². The lowest BCUT2D eigenvalue weighted by Crippen LogP contribution is -2.53. The van der Waals surface area contributed by atoms with E-state index in [2.05, 4.69) is 20.4 Å². The molecule has 2 amide bonds. The minimum absolute atomic E-state index is 0.0645. The molecule has 1 fully saturated rings. The first kappa shape index (κ1) is 16.9. The van der Waals surface area contributed by atoms with Crippen LogP contribution in [-0.4, -0.2) is 73.0 Å². The third-order valence-corrected chi connectivity index (χ3v) is 3.09. The van der Waals surface area contributed by atoms with Crippen LogP contribution in [0.5, 0.6) is 0 Å². The minimum Gasteiger partial charge on any atom is -0.355 e. The Kier molecular flexibility index (Phi) is 6.42. The lowest BCUT2D eigenvalue weighted by Gasteiger charge is -2.34. The van der Waals surface area contributed by atoms with Crippen molar-refractivity contribution in [3.05, 3.63) is 0 Å². The summed E-state index contributed by atoms with van der Waals surface area (Å²) in [6.45, 7) is 12.8. The number of piperazine rings is 1. The topological polar surface area (TPSA) is 64.7 Å².